The molecule has 3 nitrogen and oxygen atoms in total. The minimum atomic E-state index is -0.155. The number of rotatable bonds is 6. The third-order valence-electron chi connectivity index (χ3n) is 2.46. The highest BCUT2D eigenvalue weighted by atomic mass is 32.2. The zero-order valence-electron chi connectivity index (χ0n) is 9.20. The van der Waals surface area contributed by atoms with Crippen LogP contribution in [0.3, 0.4) is 0 Å². The van der Waals surface area contributed by atoms with Crippen LogP contribution >= 0.6 is 11.8 Å². The van der Waals surface area contributed by atoms with Crippen LogP contribution in [0.2, 0.25) is 0 Å². The topological polar surface area (TPSA) is 38.3 Å². The number of carbonyl (C=O) groups is 1. The van der Waals surface area contributed by atoms with Crippen molar-refractivity contribution in [2.75, 3.05) is 24.7 Å². The van der Waals surface area contributed by atoms with Crippen LogP contribution in [0.4, 0.5) is 0 Å². The van der Waals surface area contributed by atoms with E-state index in [9.17, 15) is 4.79 Å². The van der Waals surface area contributed by atoms with E-state index >= 15 is 0 Å². The standard InChI is InChI=1S/C11H19NO2S/c1-3-6-12-10(11(13)14-4-2)9-5-7-15-8-9/h3,9-10,12H,1,4-8H2,2H3. The van der Waals surface area contributed by atoms with Gasteiger partial charge in [0.05, 0.1) is 6.61 Å². The van der Waals surface area contributed by atoms with E-state index in [2.05, 4.69) is 11.9 Å². The van der Waals surface area contributed by atoms with Gasteiger partial charge in [0, 0.05) is 6.54 Å². The van der Waals surface area contributed by atoms with Gasteiger partial charge in [-0.2, -0.15) is 11.8 Å². The lowest BCUT2D eigenvalue weighted by atomic mass is 9.99. The highest BCUT2D eigenvalue weighted by Gasteiger charge is 2.31. The van der Waals surface area contributed by atoms with E-state index in [1.54, 1.807) is 6.08 Å². The van der Waals surface area contributed by atoms with E-state index in [0.717, 1.165) is 17.9 Å². The van der Waals surface area contributed by atoms with Crippen molar-refractivity contribution in [1.29, 1.82) is 0 Å². The van der Waals surface area contributed by atoms with Crippen LogP contribution in [0, 0.1) is 5.92 Å². The van der Waals surface area contributed by atoms with Gasteiger partial charge in [0.25, 0.3) is 0 Å². The van der Waals surface area contributed by atoms with Gasteiger partial charge in [-0.1, -0.05) is 6.08 Å². The predicted octanol–water partition coefficient (Wildman–Crippen LogP) is 1.45. The van der Waals surface area contributed by atoms with E-state index in [1.807, 2.05) is 18.7 Å². The van der Waals surface area contributed by atoms with Crippen molar-refractivity contribution in [3.8, 4) is 0 Å². The summed E-state index contributed by atoms with van der Waals surface area (Å²) in [4.78, 5) is 11.7. The van der Waals surface area contributed by atoms with E-state index in [-0.39, 0.29) is 12.0 Å². The average Bonchev–Trinajstić information content (AvgIpc) is 2.72. The lowest BCUT2D eigenvalue weighted by molar-refractivity contribution is -0.146. The van der Waals surface area contributed by atoms with Crippen molar-refractivity contribution >= 4 is 17.7 Å². The summed E-state index contributed by atoms with van der Waals surface area (Å²) in [5.74, 6) is 2.49. The van der Waals surface area contributed by atoms with Crippen LogP contribution in [0.5, 0.6) is 0 Å². The highest BCUT2D eigenvalue weighted by molar-refractivity contribution is 7.99. The number of ether oxygens (including phenoxy) is 1. The number of hydrogen-bond acceptors (Lipinski definition) is 4. The van der Waals surface area contributed by atoms with Crippen LogP contribution < -0.4 is 5.32 Å². The zero-order valence-corrected chi connectivity index (χ0v) is 10.0. The number of hydrogen-bond donors (Lipinski definition) is 1. The Morgan fingerprint density at radius 2 is 2.60 bits per heavy atom. The Hall–Kier alpha value is -0.480. The Balaban J connectivity index is 2.50. The lowest BCUT2D eigenvalue weighted by Gasteiger charge is -2.21. The second-order valence-corrected chi connectivity index (χ2v) is 4.70. The first-order valence-electron chi connectivity index (χ1n) is 5.38. The molecule has 0 amide bonds. The third-order valence-corrected chi connectivity index (χ3v) is 3.65. The molecule has 1 N–H and O–H groups in total. The minimum Gasteiger partial charge on any atom is -0.465 e. The summed E-state index contributed by atoms with van der Waals surface area (Å²) >= 11 is 1.91. The van der Waals surface area contributed by atoms with Crippen molar-refractivity contribution in [2.45, 2.75) is 19.4 Å². The molecule has 0 aliphatic carbocycles. The largest absolute Gasteiger partial charge is 0.465 e. The summed E-state index contributed by atoms with van der Waals surface area (Å²) in [5.41, 5.74) is 0. The molecule has 1 fully saturated rings. The van der Waals surface area contributed by atoms with Crippen LogP contribution in [0.15, 0.2) is 12.7 Å². The van der Waals surface area contributed by atoms with Crippen molar-refractivity contribution in [2.24, 2.45) is 5.92 Å². The second-order valence-electron chi connectivity index (χ2n) is 3.55. The van der Waals surface area contributed by atoms with Gasteiger partial charge < -0.3 is 10.1 Å². The van der Waals surface area contributed by atoms with E-state index in [4.69, 9.17) is 4.74 Å². The normalized spacial score (nSPS) is 22.3. The van der Waals surface area contributed by atoms with Gasteiger partial charge >= 0.3 is 5.97 Å². The Labute approximate surface area is 95.6 Å². The molecule has 0 aromatic rings. The molecule has 4 heteroatoms. The number of carbonyl (C=O) groups excluding carboxylic acids is 1. The fraction of sp³-hybridized carbons (Fsp3) is 0.727. The maximum Gasteiger partial charge on any atom is 0.323 e. The van der Waals surface area contributed by atoms with Gasteiger partial charge in [-0.25, -0.2) is 0 Å². The molecule has 1 saturated heterocycles. The summed E-state index contributed by atoms with van der Waals surface area (Å²) in [5, 5.41) is 3.19. The molecule has 1 aliphatic heterocycles. The number of esters is 1. The minimum absolute atomic E-state index is 0.119. The first kappa shape index (κ1) is 12.6. The molecule has 1 aliphatic rings. The Morgan fingerprint density at radius 3 is 3.13 bits per heavy atom. The highest BCUT2D eigenvalue weighted by Crippen LogP contribution is 2.26. The van der Waals surface area contributed by atoms with Crippen LogP contribution in [-0.2, 0) is 9.53 Å². The van der Waals surface area contributed by atoms with E-state index in [0.29, 0.717) is 19.1 Å². The molecule has 1 rings (SSSR count). The predicted molar refractivity (Wildman–Crippen MR) is 64.1 cm³/mol. The zero-order chi connectivity index (χ0) is 11.1. The van der Waals surface area contributed by atoms with Crippen LogP contribution in [-0.4, -0.2) is 36.7 Å². The van der Waals surface area contributed by atoms with Gasteiger partial charge in [0.15, 0.2) is 0 Å². The van der Waals surface area contributed by atoms with Crippen LogP contribution in [0.1, 0.15) is 13.3 Å². The smallest absolute Gasteiger partial charge is 0.323 e. The molecular weight excluding hydrogens is 210 g/mol. The summed E-state index contributed by atoms with van der Waals surface area (Å²) in [7, 11) is 0. The monoisotopic (exact) mass is 229 g/mol. The summed E-state index contributed by atoms with van der Waals surface area (Å²) < 4.78 is 5.07. The van der Waals surface area contributed by atoms with Gasteiger partial charge in [-0.15, -0.1) is 6.58 Å². The van der Waals surface area contributed by atoms with Crippen LogP contribution in [0.25, 0.3) is 0 Å². The van der Waals surface area contributed by atoms with Crippen molar-refractivity contribution < 1.29 is 9.53 Å². The van der Waals surface area contributed by atoms with Gasteiger partial charge in [-0.05, 0) is 30.8 Å². The number of thioether (sulfide) groups is 1. The molecule has 15 heavy (non-hydrogen) atoms. The maximum atomic E-state index is 11.7. The van der Waals surface area contributed by atoms with Crippen molar-refractivity contribution in [3.05, 3.63) is 12.7 Å². The SMILES string of the molecule is C=CCNC(C(=O)OCC)C1CCSC1. The second kappa shape index (κ2) is 6.90. The molecule has 0 saturated carbocycles. The maximum absolute atomic E-state index is 11.7. The molecule has 2 unspecified atom stereocenters. The number of nitrogens with one attached hydrogen (secondary N) is 1. The lowest BCUT2D eigenvalue weighted by Crippen LogP contribution is -2.44. The van der Waals surface area contributed by atoms with Crippen molar-refractivity contribution in [1.82, 2.24) is 5.32 Å². The quantitative estimate of drug-likeness (QED) is 0.552. The molecule has 2 atom stereocenters. The summed E-state index contributed by atoms with van der Waals surface area (Å²) in [6, 6.07) is -0.155. The average molecular weight is 229 g/mol. The molecule has 0 radical (unpaired) electrons. The molecule has 0 spiro atoms. The summed E-state index contributed by atoms with van der Waals surface area (Å²) in [6.07, 6.45) is 2.87. The van der Waals surface area contributed by atoms with Gasteiger partial charge in [0.2, 0.25) is 0 Å². The van der Waals surface area contributed by atoms with Crippen molar-refractivity contribution in [3.63, 3.8) is 0 Å². The van der Waals surface area contributed by atoms with Gasteiger partial charge in [-0.3, -0.25) is 4.79 Å². The fourth-order valence-corrected chi connectivity index (χ4v) is 3.00. The Kier molecular flexibility index (Phi) is 5.79. The summed E-state index contributed by atoms with van der Waals surface area (Å²) in [6.45, 7) is 6.59. The molecule has 1 heterocycles. The third kappa shape index (κ3) is 3.87. The molecule has 0 aromatic heterocycles. The Morgan fingerprint density at radius 1 is 1.80 bits per heavy atom. The van der Waals surface area contributed by atoms with E-state index < -0.39 is 0 Å². The Bertz CT molecular complexity index is 215. The molecule has 86 valence electrons. The first-order valence-corrected chi connectivity index (χ1v) is 6.53. The molecule has 0 bridgehead atoms. The first-order chi connectivity index (χ1) is 7.29. The van der Waals surface area contributed by atoms with E-state index in [1.165, 1.54) is 0 Å². The van der Waals surface area contributed by atoms with Gasteiger partial charge in [0.1, 0.15) is 6.04 Å². The molecular formula is C11H19NO2S. The fourth-order valence-electron chi connectivity index (χ4n) is 1.70. The molecule has 0 aromatic carbocycles.